The summed E-state index contributed by atoms with van der Waals surface area (Å²) in [6.45, 7) is 2.50. The minimum absolute atomic E-state index is 0.133. The molecule has 200 valence electrons. The van der Waals surface area contributed by atoms with Crippen molar-refractivity contribution in [2.45, 2.75) is 43.7 Å². The predicted octanol–water partition coefficient (Wildman–Crippen LogP) is 5.15. The summed E-state index contributed by atoms with van der Waals surface area (Å²) >= 11 is 0. The van der Waals surface area contributed by atoms with Crippen LogP contribution in [0.5, 0.6) is 5.75 Å². The number of carbonyl (C=O) groups is 1. The molecule has 0 unspecified atom stereocenters. The summed E-state index contributed by atoms with van der Waals surface area (Å²) < 4.78 is 5.94. The van der Waals surface area contributed by atoms with Crippen LogP contribution in [0.4, 0.5) is 0 Å². The molecule has 39 heavy (non-hydrogen) atoms. The summed E-state index contributed by atoms with van der Waals surface area (Å²) in [7, 11) is 0. The number of benzene rings is 3. The van der Waals surface area contributed by atoms with Crippen LogP contribution in [0.25, 0.3) is 22.0 Å². The summed E-state index contributed by atoms with van der Waals surface area (Å²) in [4.78, 5) is 19.5. The lowest BCUT2D eigenvalue weighted by molar-refractivity contribution is -0.122. The Morgan fingerprint density at radius 2 is 1.67 bits per heavy atom. The highest BCUT2D eigenvalue weighted by Crippen LogP contribution is 2.46. The molecule has 4 aromatic rings. The number of fused-ring (bicyclic) bond motifs is 4. The number of ether oxygens (including phenoxy) is 1. The van der Waals surface area contributed by atoms with E-state index in [1.165, 1.54) is 22.3 Å². The van der Waals surface area contributed by atoms with E-state index in [4.69, 9.17) is 4.74 Å². The van der Waals surface area contributed by atoms with Gasteiger partial charge in [0.05, 0.1) is 5.52 Å². The third-order valence-electron chi connectivity index (χ3n) is 8.08. The Hall–Kier alpha value is -3.74. The first-order chi connectivity index (χ1) is 19.2. The molecule has 1 atom stereocenters. The van der Waals surface area contributed by atoms with E-state index in [0.29, 0.717) is 13.0 Å². The second-order valence-corrected chi connectivity index (χ2v) is 10.7. The van der Waals surface area contributed by atoms with Gasteiger partial charge in [-0.2, -0.15) is 0 Å². The number of β-amino-alcohol motifs (C(OH)–C–C–N with tert-alkyl or cyclic N) is 1. The number of likely N-dealkylation sites (tertiary alicyclic amines) is 1. The number of hydrogen-bond donors (Lipinski definition) is 2. The van der Waals surface area contributed by atoms with Crippen LogP contribution < -0.4 is 10.1 Å². The number of amides is 1. The number of nitrogens with zero attached hydrogens (tertiary/aromatic N) is 2. The molecule has 1 amide bonds. The van der Waals surface area contributed by atoms with Gasteiger partial charge in [0.15, 0.2) is 0 Å². The first kappa shape index (κ1) is 25.5. The van der Waals surface area contributed by atoms with Crippen molar-refractivity contribution in [2.24, 2.45) is 0 Å². The van der Waals surface area contributed by atoms with Gasteiger partial charge in [-0.1, -0.05) is 54.6 Å². The van der Waals surface area contributed by atoms with Gasteiger partial charge in [0, 0.05) is 49.6 Å². The fraction of sp³-hybridized carbons (Fsp3) is 0.333. The molecule has 3 aromatic carbocycles. The van der Waals surface area contributed by atoms with Gasteiger partial charge in [0.25, 0.3) is 0 Å². The van der Waals surface area contributed by atoms with Crippen molar-refractivity contribution in [3.8, 4) is 16.9 Å². The van der Waals surface area contributed by atoms with Gasteiger partial charge in [-0.25, -0.2) is 0 Å². The molecule has 0 radical (unpaired) electrons. The quantitative estimate of drug-likeness (QED) is 0.319. The van der Waals surface area contributed by atoms with Gasteiger partial charge in [0.2, 0.25) is 5.91 Å². The first-order valence-corrected chi connectivity index (χ1v) is 14.0. The molecule has 2 heterocycles. The summed E-state index contributed by atoms with van der Waals surface area (Å²) in [5.41, 5.74) is 6.14. The Morgan fingerprint density at radius 3 is 2.41 bits per heavy atom. The van der Waals surface area contributed by atoms with E-state index < -0.39 is 6.10 Å². The lowest BCUT2D eigenvalue weighted by Gasteiger charge is -2.33. The fourth-order valence-electron chi connectivity index (χ4n) is 6.14. The van der Waals surface area contributed by atoms with E-state index in [1.54, 1.807) is 6.20 Å². The van der Waals surface area contributed by atoms with E-state index in [-0.39, 0.29) is 24.5 Å². The molecule has 1 aliphatic heterocycles. The van der Waals surface area contributed by atoms with Gasteiger partial charge in [-0.15, -0.1) is 0 Å². The van der Waals surface area contributed by atoms with Crippen molar-refractivity contribution in [3.05, 3.63) is 96.2 Å². The smallest absolute Gasteiger partial charge is 0.220 e. The summed E-state index contributed by atoms with van der Waals surface area (Å²) in [5.74, 6) is 1.15. The second-order valence-electron chi connectivity index (χ2n) is 10.7. The molecule has 1 saturated heterocycles. The predicted molar refractivity (Wildman–Crippen MR) is 154 cm³/mol. The number of pyridine rings is 1. The SMILES string of the molecule is O=C(CCC1c2ccccc2-c2ccccc21)NC1CCN(C[C@H](O)COc2cccc3ncccc23)CC1. The fourth-order valence-corrected chi connectivity index (χ4v) is 6.14. The Balaban J connectivity index is 0.943. The van der Waals surface area contributed by atoms with E-state index in [2.05, 4.69) is 63.7 Å². The van der Waals surface area contributed by atoms with Gasteiger partial charge >= 0.3 is 0 Å². The van der Waals surface area contributed by atoms with Crippen molar-refractivity contribution < 1.29 is 14.6 Å². The lowest BCUT2D eigenvalue weighted by Crippen LogP contribution is -2.47. The largest absolute Gasteiger partial charge is 0.490 e. The summed E-state index contributed by atoms with van der Waals surface area (Å²) in [5, 5.41) is 14.8. The monoisotopic (exact) mass is 521 g/mol. The van der Waals surface area contributed by atoms with Crippen LogP contribution in [0.2, 0.25) is 0 Å². The number of aliphatic hydroxyl groups is 1. The van der Waals surface area contributed by atoms with Crippen LogP contribution in [0.15, 0.2) is 85.1 Å². The third-order valence-corrected chi connectivity index (χ3v) is 8.08. The van der Waals surface area contributed by atoms with Crippen LogP contribution in [0, 0.1) is 0 Å². The molecular weight excluding hydrogens is 486 g/mol. The second kappa shape index (κ2) is 11.6. The lowest BCUT2D eigenvalue weighted by atomic mass is 9.92. The maximum Gasteiger partial charge on any atom is 0.220 e. The summed E-state index contributed by atoms with van der Waals surface area (Å²) in [6.07, 6.45) is 4.30. The molecule has 6 nitrogen and oxygen atoms in total. The topological polar surface area (TPSA) is 74.7 Å². The average Bonchev–Trinajstić information content (AvgIpc) is 3.29. The zero-order valence-electron chi connectivity index (χ0n) is 22.1. The molecular formula is C33H35N3O3. The minimum atomic E-state index is -0.583. The molecule has 2 aliphatic rings. The standard InChI is InChI=1S/C33H35N3O3/c37-24(22-39-32-13-5-12-31-30(32)11-6-18-34-31)21-36-19-16-23(17-20-36)35-33(38)15-14-29-27-9-3-1-7-25(27)26-8-2-4-10-28(26)29/h1-13,18,23-24,29,37H,14-17,19-22H2,(H,35,38)/t24-/m0/s1. The maximum atomic E-state index is 12.9. The Kier molecular flexibility index (Phi) is 7.57. The normalized spacial score (nSPS) is 16.5. The number of carbonyl (C=O) groups excluding carboxylic acids is 1. The van der Waals surface area contributed by atoms with Gasteiger partial charge in [-0.3, -0.25) is 9.78 Å². The number of aromatic nitrogens is 1. The van der Waals surface area contributed by atoms with Crippen LogP contribution in [-0.4, -0.2) is 59.3 Å². The van der Waals surface area contributed by atoms with Gasteiger partial charge < -0.3 is 20.1 Å². The Labute approximate surface area is 229 Å². The average molecular weight is 522 g/mol. The van der Waals surface area contributed by atoms with Crippen LogP contribution in [0.1, 0.15) is 42.7 Å². The van der Waals surface area contributed by atoms with Gasteiger partial charge in [0.1, 0.15) is 18.5 Å². The molecule has 0 bridgehead atoms. The zero-order valence-corrected chi connectivity index (χ0v) is 22.1. The number of aliphatic hydroxyl groups excluding tert-OH is 1. The van der Waals surface area contributed by atoms with Crippen LogP contribution >= 0.6 is 0 Å². The third kappa shape index (κ3) is 5.68. The first-order valence-electron chi connectivity index (χ1n) is 14.0. The molecule has 0 saturated carbocycles. The Morgan fingerprint density at radius 1 is 0.949 bits per heavy atom. The molecule has 0 spiro atoms. The maximum absolute atomic E-state index is 12.9. The van der Waals surface area contributed by atoms with E-state index >= 15 is 0 Å². The minimum Gasteiger partial charge on any atom is -0.490 e. The number of hydrogen-bond acceptors (Lipinski definition) is 5. The molecule has 6 heteroatoms. The van der Waals surface area contributed by atoms with Crippen LogP contribution in [-0.2, 0) is 4.79 Å². The molecule has 1 aromatic heterocycles. The van der Waals surface area contributed by atoms with Crippen molar-refractivity contribution >= 4 is 16.8 Å². The molecule has 6 rings (SSSR count). The van der Waals surface area contributed by atoms with E-state index in [9.17, 15) is 9.90 Å². The van der Waals surface area contributed by atoms with Crippen molar-refractivity contribution in [1.29, 1.82) is 0 Å². The van der Waals surface area contributed by atoms with Crippen LogP contribution in [0.3, 0.4) is 0 Å². The highest BCUT2D eigenvalue weighted by atomic mass is 16.5. The van der Waals surface area contributed by atoms with Crippen molar-refractivity contribution in [1.82, 2.24) is 15.2 Å². The van der Waals surface area contributed by atoms with Crippen molar-refractivity contribution in [3.63, 3.8) is 0 Å². The summed E-state index contributed by atoms with van der Waals surface area (Å²) in [6, 6.07) is 27.0. The Bertz CT molecular complexity index is 1400. The zero-order chi connectivity index (χ0) is 26.6. The van der Waals surface area contributed by atoms with E-state index in [1.807, 2.05) is 30.3 Å². The molecule has 1 aliphatic carbocycles. The van der Waals surface area contributed by atoms with Gasteiger partial charge in [-0.05, 0) is 65.8 Å². The molecule has 2 N–H and O–H groups in total. The number of piperidine rings is 1. The van der Waals surface area contributed by atoms with Crippen molar-refractivity contribution in [2.75, 3.05) is 26.2 Å². The van der Waals surface area contributed by atoms with E-state index in [0.717, 1.165) is 49.0 Å². The number of nitrogens with one attached hydrogen (secondary N) is 1. The highest BCUT2D eigenvalue weighted by Gasteiger charge is 2.29. The molecule has 1 fully saturated rings. The number of rotatable bonds is 9. The highest BCUT2D eigenvalue weighted by molar-refractivity contribution is 5.84.